The first kappa shape index (κ1) is 17.9. The maximum absolute atomic E-state index is 11.1. The fraction of sp³-hybridized carbons (Fsp3) is 0.421. The zero-order valence-corrected chi connectivity index (χ0v) is 16.3. The SMILES string of the molecule is CN(C)[C@H]1CC[C@H](Nc2ncnc3sc4ccc(OC(N)=O)cc4c23)CC1. The number of rotatable bonds is 4. The van der Waals surface area contributed by atoms with Gasteiger partial charge in [-0.1, -0.05) is 0 Å². The summed E-state index contributed by atoms with van der Waals surface area (Å²) in [6.45, 7) is 0. The van der Waals surface area contributed by atoms with Crippen molar-refractivity contribution in [1.82, 2.24) is 14.9 Å². The van der Waals surface area contributed by atoms with Crippen LogP contribution < -0.4 is 15.8 Å². The Kier molecular flexibility index (Phi) is 4.84. The Bertz CT molecular complexity index is 979. The number of carbonyl (C=O) groups excluding carboxylic acids is 1. The van der Waals surface area contributed by atoms with Gasteiger partial charge in [-0.25, -0.2) is 14.8 Å². The van der Waals surface area contributed by atoms with E-state index in [4.69, 9.17) is 10.5 Å². The first-order chi connectivity index (χ1) is 13.0. The molecule has 2 heterocycles. The number of anilines is 1. The van der Waals surface area contributed by atoms with Crippen LogP contribution >= 0.6 is 11.3 Å². The van der Waals surface area contributed by atoms with E-state index in [1.54, 1.807) is 23.7 Å². The fourth-order valence-corrected chi connectivity index (χ4v) is 4.83. The molecule has 1 aromatic carbocycles. The van der Waals surface area contributed by atoms with Gasteiger partial charge in [-0.2, -0.15) is 0 Å². The van der Waals surface area contributed by atoms with Crippen molar-refractivity contribution >= 4 is 43.6 Å². The van der Waals surface area contributed by atoms with Crippen molar-refractivity contribution in [3.05, 3.63) is 24.5 Å². The highest BCUT2D eigenvalue weighted by molar-refractivity contribution is 7.25. The molecule has 4 rings (SSSR count). The smallest absolute Gasteiger partial charge is 0.409 e. The van der Waals surface area contributed by atoms with Gasteiger partial charge in [0.15, 0.2) is 0 Å². The number of amides is 1. The average molecular weight is 385 g/mol. The second-order valence-electron chi connectivity index (χ2n) is 7.20. The van der Waals surface area contributed by atoms with Crippen LogP contribution in [0.3, 0.4) is 0 Å². The van der Waals surface area contributed by atoms with Crippen LogP contribution in [-0.4, -0.2) is 47.1 Å². The van der Waals surface area contributed by atoms with Crippen LogP contribution in [-0.2, 0) is 0 Å². The van der Waals surface area contributed by atoms with Crippen molar-refractivity contribution in [2.24, 2.45) is 5.73 Å². The van der Waals surface area contributed by atoms with E-state index in [0.29, 0.717) is 17.8 Å². The highest BCUT2D eigenvalue weighted by Crippen LogP contribution is 2.38. The summed E-state index contributed by atoms with van der Waals surface area (Å²) in [7, 11) is 4.30. The Morgan fingerprint density at radius 3 is 2.74 bits per heavy atom. The molecule has 1 amide bonds. The lowest BCUT2D eigenvalue weighted by Gasteiger charge is -2.33. The summed E-state index contributed by atoms with van der Waals surface area (Å²) in [5.74, 6) is 1.27. The highest BCUT2D eigenvalue weighted by Gasteiger charge is 2.23. The van der Waals surface area contributed by atoms with Crippen molar-refractivity contribution < 1.29 is 9.53 Å². The van der Waals surface area contributed by atoms with Gasteiger partial charge in [0.1, 0.15) is 22.7 Å². The molecule has 0 bridgehead atoms. The summed E-state index contributed by atoms with van der Waals surface area (Å²) >= 11 is 1.60. The Labute approximate surface area is 161 Å². The number of nitrogens with two attached hydrogens (primary N) is 1. The maximum Gasteiger partial charge on any atom is 0.409 e. The molecule has 27 heavy (non-hydrogen) atoms. The second kappa shape index (κ2) is 7.28. The number of ether oxygens (including phenoxy) is 1. The zero-order chi connectivity index (χ0) is 19.0. The Morgan fingerprint density at radius 2 is 2.04 bits per heavy atom. The molecule has 1 saturated carbocycles. The van der Waals surface area contributed by atoms with Gasteiger partial charge in [0.05, 0.1) is 5.39 Å². The highest BCUT2D eigenvalue weighted by atomic mass is 32.1. The van der Waals surface area contributed by atoms with Gasteiger partial charge >= 0.3 is 6.09 Å². The summed E-state index contributed by atoms with van der Waals surface area (Å²) in [5.41, 5.74) is 5.14. The first-order valence-electron chi connectivity index (χ1n) is 9.09. The Balaban J connectivity index is 1.65. The fourth-order valence-electron chi connectivity index (χ4n) is 3.81. The zero-order valence-electron chi connectivity index (χ0n) is 15.4. The molecule has 7 nitrogen and oxygen atoms in total. The lowest BCUT2D eigenvalue weighted by molar-refractivity contribution is 0.211. The van der Waals surface area contributed by atoms with E-state index < -0.39 is 6.09 Å². The number of hydrogen-bond donors (Lipinski definition) is 2. The van der Waals surface area contributed by atoms with Crippen molar-refractivity contribution in [1.29, 1.82) is 0 Å². The minimum absolute atomic E-state index is 0.402. The van der Waals surface area contributed by atoms with Crippen LogP contribution in [0.4, 0.5) is 10.6 Å². The summed E-state index contributed by atoms with van der Waals surface area (Å²) in [6.07, 6.45) is 5.38. The molecule has 8 heteroatoms. The minimum atomic E-state index is -0.818. The van der Waals surface area contributed by atoms with Crippen molar-refractivity contribution in [3.63, 3.8) is 0 Å². The number of thiophene rings is 1. The molecule has 0 radical (unpaired) electrons. The summed E-state index contributed by atoms with van der Waals surface area (Å²) < 4.78 is 6.11. The van der Waals surface area contributed by atoms with Crippen molar-refractivity contribution in [2.45, 2.75) is 37.8 Å². The Hall–Kier alpha value is -2.45. The lowest BCUT2D eigenvalue weighted by Crippen LogP contribution is -2.36. The third-order valence-electron chi connectivity index (χ3n) is 5.23. The molecule has 3 aromatic rings. The van der Waals surface area contributed by atoms with Gasteiger partial charge in [-0.15, -0.1) is 11.3 Å². The van der Waals surface area contributed by atoms with Crippen LogP contribution in [0.2, 0.25) is 0 Å². The number of fused-ring (bicyclic) bond motifs is 3. The molecule has 2 aromatic heterocycles. The number of hydrogen-bond acceptors (Lipinski definition) is 7. The summed E-state index contributed by atoms with van der Waals surface area (Å²) in [6, 6.07) is 6.55. The van der Waals surface area contributed by atoms with E-state index in [2.05, 4.69) is 34.3 Å². The predicted octanol–water partition coefficient (Wildman–Crippen LogP) is 3.59. The maximum atomic E-state index is 11.1. The molecule has 0 spiro atoms. The monoisotopic (exact) mass is 385 g/mol. The van der Waals surface area contributed by atoms with E-state index in [1.807, 2.05) is 12.1 Å². The van der Waals surface area contributed by atoms with Crippen LogP contribution in [0.5, 0.6) is 5.75 Å². The third kappa shape index (κ3) is 3.68. The van der Waals surface area contributed by atoms with E-state index in [-0.39, 0.29) is 0 Å². The molecule has 1 fully saturated rings. The largest absolute Gasteiger partial charge is 0.410 e. The van der Waals surface area contributed by atoms with Gasteiger partial charge < -0.3 is 20.7 Å². The van der Waals surface area contributed by atoms with Crippen LogP contribution in [0.15, 0.2) is 24.5 Å². The van der Waals surface area contributed by atoms with E-state index in [0.717, 1.165) is 39.0 Å². The molecular formula is C19H23N5O2S. The standard InChI is InChI=1S/C19H23N5O2S/c1-24(2)12-5-3-11(4-6-12)23-17-16-14-9-13(26-19(20)25)7-8-15(14)27-18(16)22-10-21-17/h7-12H,3-6H2,1-2H3,(H2,20,25)(H,21,22,23)/t11-,12-. The molecule has 0 aliphatic heterocycles. The number of carbonyl (C=O) groups is 1. The number of benzene rings is 1. The number of aromatic nitrogens is 2. The molecule has 3 N–H and O–H groups in total. The molecule has 1 aliphatic rings. The van der Waals surface area contributed by atoms with Crippen LogP contribution in [0, 0.1) is 0 Å². The topological polar surface area (TPSA) is 93.4 Å². The predicted molar refractivity (Wildman–Crippen MR) is 108 cm³/mol. The molecule has 0 saturated heterocycles. The van der Waals surface area contributed by atoms with Gasteiger partial charge in [-0.05, 0) is 58.0 Å². The number of nitrogens with one attached hydrogen (secondary N) is 1. The van der Waals surface area contributed by atoms with E-state index in [1.165, 1.54) is 12.8 Å². The average Bonchev–Trinajstić information content (AvgIpc) is 3.00. The molecule has 0 atom stereocenters. The minimum Gasteiger partial charge on any atom is -0.410 e. The van der Waals surface area contributed by atoms with Crippen molar-refractivity contribution in [2.75, 3.05) is 19.4 Å². The number of primary amides is 1. The summed E-state index contributed by atoms with van der Waals surface area (Å²) in [4.78, 5) is 23.2. The Morgan fingerprint density at radius 1 is 1.26 bits per heavy atom. The second-order valence-corrected chi connectivity index (χ2v) is 8.23. The van der Waals surface area contributed by atoms with Crippen LogP contribution in [0.25, 0.3) is 20.3 Å². The van der Waals surface area contributed by atoms with Gasteiger partial charge in [-0.3, -0.25) is 0 Å². The molecular weight excluding hydrogens is 362 g/mol. The third-order valence-corrected chi connectivity index (χ3v) is 6.30. The van der Waals surface area contributed by atoms with Gasteiger partial charge in [0.2, 0.25) is 0 Å². The molecule has 0 unspecified atom stereocenters. The van der Waals surface area contributed by atoms with Crippen LogP contribution in [0.1, 0.15) is 25.7 Å². The van der Waals surface area contributed by atoms with Gasteiger partial charge in [0.25, 0.3) is 0 Å². The van der Waals surface area contributed by atoms with E-state index in [9.17, 15) is 4.79 Å². The summed E-state index contributed by atoms with van der Waals surface area (Å²) in [5, 5.41) is 5.57. The quantitative estimate of drug-likeness (QED) is 0.713. The van der Waals surface area contributed by atoms with E-state index >= 15 is 0 Å². The molecule has 142 valence electrons. The van der Waals surface area contributed by atoms with Crippen molar-refractivity contribution in [3.8, 4) is 5.75 Å². The van der Waals surface area contributed by atoms with Gasteiger partial charge in [0, 0.05) is 22.2 Å². The molecule has 1 aliphatic carbocycles. The first-order valence-corrected chi connectivity index (χ1v) is 9.90. The lowest BCUT2D eigenvalue weighted by atomic mass is 9.90. The number of nitrogens with zero attached hydrogens (tertiary/aromatic N) is 3. The normalized spacial score (nSPS) is 20.3.